The molecule has 0 saturated heterocycles. The van der Waals surface area contributed by atoms with Crippen molar-refractivity contribution in [1.82, 2.24) is 0 Å². The Morgan fingerprint density at radius 2 is 2.05 bits per heavy atom. The second-order valence-electron chi connectivity index (χ2n) is 5.42. The number of hydrogen-bond acceptors (Lipinski definition) is 2. The van der Waals surface area contributed by atoms with Crippen molar-refractivity contribution in [2.75, 3.05) is 10.6 Å². The van der Waals surface area contributed by atoms with Crippen LogP contribution in [0.1, 0.15) is 29.3 Å². The Balaban J connectivity index is 2.07. The van der Waals surface area contributed by atoms with E-state index in [2.05, 4.69) is 13.0 Å². The number of halogens is 1. The number of anilines is 2. The minimum absolute atomic E-state index is 0.0883. The molecule has 1 aliphatic rings. The molecular formula is C17H17ClN2O. The quantitative estimate of drug-likeness (QED) is 0.812. The van der Waals surface area contributed by atoms with Gasteiger partial charge in [0, 0.05) is 22.4 Å². The fourth-order valence-corrected chi connectivity index (χ4v) is 3.01. The number of para-hydroxylation sites is 1. The van der Waals surface area contributed by atoms with Crippen LogP contribution in [-0.4, -0.2) is 11.9 Å². The zero-order valence-electron chi connectivity index (χ0n) is 11.8. The van der Waals surface area contributed by atoms with Crippen LogP contribution in [0.15, 0.2) is 42.5 Å². The van der Waals surface area contributed by atoms with Crippen molar-refractivity contribution in [3.05, 3.63) is 58.6 Å². The van der Waals surface area contributed by atoms with Gasteiger partial charge in [-0.15, -0.1) is 0 Å². The number of benzene rings is 2. The molecule has 4 heteroatoms. The molecule has 0 saturated carbocycles. The third-order valence-corrected chi connectivity index (χ3v) is 4.22. The second-order valence-corrected chi connectivity index (χ2v) is 5.86. The Kier molecular flexibility index (Phi) is 3.60. The van der Waals surface area contributed by atoms with Gasteiger partial charge in [0.15, 0.2) is 0 Å². The average Bonchev–Trinajstić information content (AvgIpc) is 2.49. The maximum absolute atomic E-state index is 12.9. The van der Waals surface area contributed by atoms with E-state index in [-0.39, 0.29) is 11.9 Å². The van der Waals surface area contributed by atoms with Gasteiger partial charge < -0.3 is 10.6 Å². The van der Waals surface area contributed by atoms with Crippen LogP contribution < -0.4 is 10.6 Å². The van der Waals surface area contributed by atoms with Crippen molar-refractivity contribution in [2.45, 2.75) is 25.8 Å². The Hall–Kier alpha value is -2.00. The minimum atomic E-state index is -0.0883. The summed E-state index contributed by atoms with van der Waals surface area (Å²) in [6, 6.07) is 13.2. The summed E-state index contributed by atoms with van der Waals surface area (Å²) in [5, 5.41) is 0.519. The largest absolute Gasteiger partial charge is 0.398 e. The lowest BCUT2D eigenvalue weighted by atomic mass is 9.95. The smallest absolute Gasteiger partial charge is 0.260 e. The number of aryl methyl sites for hydroxylation is 1. The third kappa shape index (κ3) is 2.49. The number of nitrogens with zero attached hydrogens (tertiary/aromatic N) is 1. The van der Waals surface area contributed by atoms with E-state index in [1.54, 1.807) is 18.2 Å². The molecular weight excluding hydrogens is 284 g/mol. The monoisotopic (exact) mass is 300 g/mol. The third-order valence-electron chi connectivity index (χ3n) is 3.99. The fraction of sp³-hybridized carbons (Fsp3) is 0.235. The van der Waals surface area contributed by atoms with Crippen molar-refractivity contribution in [3.63, 3.8) is 0 Å². The van der Waals surface area contributed by atoms with Crippen molar-refractivity contribution < 1.29 is 4.79 Å². The van der Waals surface area contributed by atoms with Gasteiger partial charge in [0.25, 0.3) is 5.91 Å². The van der Waals surface area contributed by atoms with Crippen molar-refractivity contribution in [1.29, 1.82) is 0 Å². The molecule has 1 unspecified atom stereocenters. The molecule has 0 fully saturated rings. The molecule has 2 aromatic carbocycles. The molecule has 0 aliphatic carbocycles. The highest BCUT2D eigenvalue weighted by Crippen LogP contribution is 2.33. The van der Waals surface area contributed by atoms with E-state index >= 15 is 0 Å². The van der Waals surface area contributed by atoms with Gasteiger partial charge in [0.1, 0.15) is 0 Å². The summed E-state index contributed by atoms with van der Waals surface area (Å²) < 4.78 is 0. The Bertz CT molecular complexity index is 699. The number of carbonyl (C=O) groups is 1. The molecule has 3 rings (SSSR count). The molecule has 108 valence electrons. The van der Waals surface area contributed by atoms with Gasteiger partial charge in [-0.05, 0) is 49.6 Å². The van der Waals surface area contributed by atoms with Crippen molar-refractivity contribution in [2.24, 2.45) is 0 Å². The highest BCUT2D eigenvalue weighted by Gasteiger charge is 2.29. The summed E-state index contributed by atoms with van der Waals surface area (Å²) in [6.45, 7) is 2.06. The molecule has 0 spiro atoms. The van der Waals surface area contributed by atoms with Gasteiger partial charge >= 0.3 is 0 Å². The first-order valence-electron chi connectivity index (χ1n) is 7.04. The molecule has 0 radical (unpaired) electrons. The average molecular weight is 301 g/mol. The van der Waals surface area contributed by atoms with E-state index in [1.807, 2.05) is 23.1 Å². The van der Waals surface area contributed by atoms with E-state index in [9.17, 15) is 4.79 Å². The predicted octanol–water partition coefficient (Wildman–Crippen LogP) is 3.90. The first kappa shape index (κ1) is 14.0. The SMILES string of the molecule is CC1CCc2ccccc2N1C(=O)c1cc(Cl)ccc1N. The summed E-state index contributed by atoms with van der Waals surface area (Å²) in [6.07, 6.45) is 1.94. The van der Waals surface area contributed by atoms with Crippen molar-refractivity contribution >= 4 is 28.9 Å². The normalized spacial score (nSPS) is 17.4. The standard InChI is InChI=1S/C17H17ClN2O/c1-11-6-7-12-4-2-3-5-16(12)20(11)17(21)14-10-13(18)8-9-15(14)19/h2-5,8-11H,6-7,19H2,1H3. The molecule has 0 aromatic heterocycles. The van der Waals surface area contributed by atoms with Crippen LogP contribution >= 0.6 is 11.6 Å². The topological polar surface area (TPSA) is 46.3 Å². The van der Waals surface area contributed by atoms with Crippen LogP contribution in [0.3, 0.4) is 0 Å². The van der Waals surface area contributed by atoms with Crippen LogP contribution in [0.2, 0.25) is 5.02 Å². The van der Waals surface area contributed by atoms with Gasteiger partial charge in [-0.2, -0.15) is 0 Å². The first-order chi connectivity index (χ1) is 10.1. The second kappa shape index (κ2) is 5.41. The number of rotatable bonds is 1. The van der Waals surface area contributed by atoms with Crippen LogP contribution in [0, 0.1) is 0 Å². The van der Waals surface area contributed by atoms with Gasteiger partial charge in [-0.1, -0.05) is 29.8 Å². The number of nitrogen functional groups attached to an aromatic ring is 1. The molecule has 1 atom stereocenters. The Morgan fingerprint density at radius 1 is 1.29 bits per heavy atom. The predicted molar refractivity (Wildman–Crippen MR) is 86.9 cm³/mol. The lowest BCUT2D eigenvalue weighted by Gasteiger charge is -2.35. The first-order valence-corrected chi connectivity index (χ1v) is 7.42. The Labute approximate surface area is 129 Å². The van der Waals surface area contributed by atoms with E-state index in [0.717, 1.165) is 18.5 Å². The maximum atomic E-state index is 12.9. The molecule has 1 amide bonds. The fourth-order valence-electron chi connectivity index (χ4n) is 2.84. The van der Waals surface area contributed by atoms with E-state index in [0.29, 0.717) is 16.3 Å². The summed E-state index contributed by atoms with van der Waals surface area (Å²) >= 11 is 6.01. The van der Waals surface area contributed by atoms with E-state index in [1.165, 1.54) is 5.56 Å². The zero-order valence-corrected chi connectivity index (χ0v) is 12.6. The van der Waals surface area contributed by atoms with Gasteiger partial charge in [-0.3, -0.25) is 4.79 Å². The number of amides is 1. The number of nitrogens with two attached hydrogens (primary N) is 1. The minimum Gasteiger partial charge on any atom is -0.398 e. The molecule has 1 heterocycles. The van der Waals surface area contributed by atoms with Gasteiger partial charge in [0.2, 0.25) is 0 Å². The molecule has 2 N–H and O–H groups in total. The summed E-state index contributed by atoms with van der Waals surface area (Å²) in [7, 11) is 0. The molecule has 3 nitrogen and oxygen atoms in total. The lowest BCUT2D eigenvalue weighted by Crippen LogP contribution is -2.42. The molecule has 1 aliphatic heterocycles. The highest BCUT2D eigenvalue weighted by atomic mass is 35.5. The number of carbonyl (C=O) groups excluding carboxylic acids is 1. The lowest BCUT2D eigenvalue weighted by molar-refractivity contribution is 0.0976. The van der Waals surface area contributed by atoms with E-state index in [4.69, 9.17) is 17.3 Å². The number of fused-ring (bicyclic) bond motifs is 1. The van der Waals surface area contributed by atoms with Crippen LogP contribution in [0.5, 0.6) is 0 Å². The van der Waals surface area contributed by atoms with Crippen LogP contribution in [0.4, 0.5) is 11.4 Å². The molecule has 2 aromatic rings. The molecule has 21 heavy (non-hydrogen) atoms. The summed E-state index contributed by atoms with van der Waals surface area (Å²) in [5.74, 6) is -0.0883. The van der Waals surface area contributed by atoms with Gasteiger partial charge in [0.05, 0.1) is 5.56 Å². The zero-order chi connectivity index (χ0) is 15.0. The van der Waals surface area contributed by atoms with Crippen LogP contribution in [-0.2, 0) is 6.42 Å². The summed E-state index contributed by atoms with van der Waals surface area (Å²) in [5.41, 5.74) is 9.05. The summed E-state index contributed by atoms with van der Waals surface area (Å²) in [4.78, 5) is 14.8. The van der Waals surface area contributed by atoms with Gasteiger partial charge in [-0.25, -0.2) is 0 Å². The highest BCUT2D eigenvalue weighted by molar-refractivity contribution is 6.31. The Morgan fingerprint density at radius 3 is 2.86 bits per heavy atom. The molecule has 0 bridgehead atoms. The van der Waals surface area contributed by atoms with Crippen LogP contribution in [0.25, 0.3) is 0 Å². The van der Waals surface area contributed by atoms with Crippen molar-refractivity contribution in [3.8, 4) is 0 Å². The van der Waals surface area contributed by atoms with E-state index < -0.39 is 0 Å². The maximum Gasteiger partial charge on any atom is 0.260 e. The number of hydrogen-bond donors (Lipinski definition) is 1.